The highest BCUT2D eigenvalue weighted by molar-refractivity contribution is 6.07. The number of benzene rings is 2. The Balaban J connectivity index is 2.16. The summed E-state index contributed by atoms with van der Waals surface area (Å²) in [6, 6.07) is 15.4. The monoisotopic (exact) mass is 348 g/mol. The van der Waals surface area contributed by atoms with Crippen molar-refractivity contribution in [3.05, 3.63) is 59.8 Å². The van der Waals surface area contributed by atoms with E-state index in [0.29, 0.717) is 28.4 Å². The number of nitrogens with one attached hydrogen (secondary N) is 2. The summed E-state index contributed by atoms with van der Waals surface area (Å²) in [5.74, 6) is 0.452. The van der Waals surface area contributed by atoms with Gasteiger partial charge in [0.15, 0.2) is 11.5 Å². The zero-order chi connectivity index (χ0) is 18.9. The lowest BCUT2D eigenvalue weighted by Crippen LogP contribution is -2.15. The number of nitriles is 2. The average Bonchev–Trinajstić information content (AvgIpc) is 2.68. The molecule has 2 aromatic carbocycles. The molecule has 26 heavy (non-hydrogen) atoms. The summed E-state index contributed by atoms with van der Waals surface area (Å²) in [6.07, 6.45) is 1.28. The van der Waals surface area contributed by atoms with Crippen LogP contribution in [0, 0.1) is 22.7 Å². The summed E-state index contributed by atoms with van der Waals surface area (Å²) in [5.41, 5.74) is 1.12. The number of ether oxygens (including phenoxy) is 2. The van der Waals surface area contributed by atoms with Crippen LogP contribution < -0.4 is 20.1 Å². The van der Waals surface area contributed by atoms with Crippen LogP contribution in [0.25, 0.3) is 0 Å². The highest BCUT2D eigenvalue weighted by Gasteiger charge is 2.12. The van der Waals surface area contributed by atoms with Gasteiger partial charge in [-0.25, -0.2) is 0 Å². The summed E-state index contributed by atoms with van der Waals surface area (Å²) >= 11 is 0. The smallest absolute Gasteiger partial charge is 0.267 e. The van der Waals surface area contributed by atoms with Crippen LogP contribution in [0.1, 0.15) is 5.56 Å². The fraction of sp³-hybridized carbons (Fsp3) is 0.105. The van der Waals surface area contributed by atoms with Gasteiger partial charge in [0.05, 0.1) is 25.5 Å². The van der Waals surface area contributed by atoms with Crippen molar-refractivity contribution in [3.63, 3.8) is 0 Å². The minimum atomic E-state index is -0.622. The summed E-state index contributed by atoms with van der Waals surface area (Å²) in [7, 11) is 3.04. The largest absolute Gasteiger partial charge is 0.493 e. The molecule has 7 nitrogen and oxygen atoms in total. The molecule has 0 aromatic heterocycles. The standard InChI is InChI=1S/C19H16N4O3/c1-25-17-8-7-15(9-18(17)26-2)22-12-14(11-21)19(24)23-16-6-4-3-5-13(16)10-20/h3-9,12,22H,1-2H3,(H,23,24)/b14-12-. The molecule has 2 rings (SSSR count). The number of para-hydroxylation sites is 1. The van der Waals surface area contributed by atoms with Crippen LogP contribution in [0.3, 0.4) is 0 Å². The quantitative estimate of drug-likeness (QED) is 0.614. The first-order chi connectivity index (χ1) is 12.6. The van der Waals surface area contributed by atoms with Crippen molar-refractivity contribution in [2.75, 3.05) is 24.9 Å². The Hall–Kier alpha value is -3.97. The predicted octanol–water partition coefficient (Wildman–Crippen LogP) is 3.03. The second-order valence-corrected chi connectivity index (χ2v) is 5.00. The highest BCUT2D eigenvalue weighted by atomic mass is 16.5. The SMILES string of the molecule is COc1ccc(N/C=C(/C#N)C(=O)Nc2ccccc2C#N)cc1OC. The van der Waals surface area contributed by atoms with E-state index in [1.807, 2.05) is 12.1 Å². The lowest BCUT2D eigenvalue weighted by molar-refractivity contribution is -0.112. The van der Waals surface area contributed by atoms with E-state index in [4.69, 9.17) is 14.7 Å². The molecule has 0 atom stereocenters. The lowest BCUT2D eigenvalue weighted by Gasteiger charge is -2.10. The van der Waals surface area contributed by atoms with Gasteiger partial charge in [-0.2, -0.15) is 10.5 Å². The topological polar surface area (TPSA) is 107 Å². The van der Waals surface area contributed by atoms with Crippen LogP contribution in [0.15, 0.2) is 54.2 Å². The van der Waals surface area contributed by atoms with Crippen LogP contribution in [-0.4, -0.2) is 20.1 Å². The maximum Gasteiger partial charge on any atom is 0.267 e. The van der Waals surface area contributed by atoms with Gasteiger partial charge in [0.1, 0.15) is 17.7 Å². The first kappa shape index (κ1) is 18.4. The second-order valence-electron chi connectivity index (χ2n) is 5.00. The molecule has 0 aliphatic rings. The molecule has 0 spiro atoms. The third-order valence-corrected chi connectivity index (χ3v) is 3.43. The van der Waals surface area contributed by atoms with E-state index in [0.717, 1.165) is 0 Å². The van der Waals surface area contributed by atoms with E-state index in [1.165, 1.54) is 20.4 Å². The molecule has 0 aliphatic carbocycles. The third-order valence-electron chi connectivity index (χ3n) is 3.43. The van der Waals surface area contributed by atoms with Crippen molar-refractivity contribution in [2.45, 2.75) is 0 Å². The Labute approximate surface area is 151 Å². The Morgan fingerprint density at radius 3 is 2.46 bits per heavy atom. The lowest BCUT2D eigenvalue weighted by atomic mass is 10.2. The van der Waals surface area contributed by atoms with Crippen LogP contribution in [0.5, 0.6) is 11.5 Å². The second kappa shape index (κ2) is 8.76. The number of carbonyl (C=O) groups excluding carboxylic acids is 1. The number of rotatable bonds is 6. The van der Waals surface area contributed by atoms with Crippen molar-refractivity contribution in [1.29, 1.82) is 10.5 Å². The minimum absolute atomic E-state index is 0.146. The van der Waals surface area contributed by atoms with Gasteiger partial charge in [-0.1, -0.05) is 12.1 Å². The Morgan fingerprint density at radius 1 is 1.08 bits per heavy atom. The molecule has 0 radical (unpaired) electrons. The Kier molecular flexibility index (Phi) is 6.19. The maximum atomic E-state index is 12.3. The predicted molar refractivity (Wildman–Crippen MR) is 96.7 cm³/mol. The molecule has 7 heteroatoms. The zero-order valence-electron chi connectivity index (χ0n) is 14.2. The van der Waals surface area contributed by atoms with Crippen molar-refractivity contribution in [3.8, 4) is 23.6 Å². The normalized spacial score (nSPS) is 10.2. The summed E-state index contributed by atoms with van der Waals surface area (Å²) in [4.78, 5) is 12.3. The first-order valence-electron chi connectivity index (χ1n) is 7.52. The van der Waals surface area contributed by atoms with Gasteiger partial charge in [-0.05, 0) is 24.3 Å². The molecule has 0 fully saturated rings. The van der Waals surface area contributed by atoms with E-state index in [1.54, 1.807) is 42.5 Å². The fourth-order valence-electron chi connectivity index (χ4n) is 2.11. The maximum absolute atomic E-state index is 12.3. The Bertz CT molecular complexity index is 923. The van der Waals surface area contributed by atoms with Gasteiger partial charge in [-0.15, -0.1) is 0 Å². The molecule has 0 unspecified atom stereocenters. The molecule has 0 bridgehead atoms. The average molecular weight is 348 g/mol. The fourth-order valence-corrected chi connectivity index (χ4v) is 2.11. The van der Waals surface area contributed by atoms with Crippen molar-refractivity contribution < 1.29 is 14.3 Å². The van der Waals surface area contributed by atoms with Crippen LogP contribution in [0.4, 0.5) is 11.4 Å². The van der Waals surface area contributed by atoms with Crippen molar-refractivity contribution >= 4 is 17.3 Å². The van der Waals surface area contributed by atoms with E-state index in [9.17, 15) is 10.1 Å². The number of carbonyl (C=O) groups is 1. The molecule has 0 saturated heterocycles. The van der Waals surface area contributed by atoms with Gasteiger partial charge < -0.3 is 20.1 Å². The number of hydrogen-bond acceptors (Lipinski definition) is 6. The van der Waals surface area contributed by atoms with E-state index in [-0.39, 0.29) is 5.57 Å². The van der Waals surface area contributed by atoms with E-state index < -0.39 is 5.91 Å². The zero-order valence-corrected chi connectivity index (χ0v) is 14.2. The van der Waals surface area contributed by atoms with Crippen molar-refractivity contribution in [1.82, 2.24) is 0 Å². The summed E-state index contributed by atoms with van der Waals surface area (Å²) in [6.45, 7) is 0. The third kappa shape index (κ3) is 4.31. The minimum Gasteiger partial charge on any atom is -0.493 e. The van der Waals surface area contributed by atoms with Crippen molar-refractivity contribution in [2.24, 2.45) is 0 Å². The number of hydrogen-bond donors (Lipinski definition) is 2. The molecular weight excluding hydrogens is 332 g/mol. The molecule has 130 valence electrons. The Morgan fingerprint density at radius 2 is 1.81 bits per heavy atom. The number of amides is 1. The number of anilines is 2. The van der Waals surface area contributed by atoms with Gasteiger partial charge in [0, 0.05) is 18.0 Å². The van der Waals surface area contributed by atoms with Crippen LogP contribution >= 0.6 is 0 Å². The first-order valence-corrected chi connectivity index (χ1v) is 7.52. The van der Waals surface area contributed by atoms with Crippen LogP contribution in [-0.2, 0) is 4.79 Å². The molecule has 0 saturated carbocycles. The molecular formula is C19H16N4O3. The number of methoxy groups -OCH3 is 2. The van der Waals surface area contributed by atoms with E-state index in [2.05, 4.69) is 10.6 Å². The molecule has 0 aliphatic heterocycles. The van der Waals surface area contributed by atoms with Crippen LogP contribution in [0.2, 0.25) is 0 Å². The summed E-state index contributed by atoms with van der Waals surface area (Å²) < 4.78 is 10.4. The van der Waals surface area contributed by atoms with Gasteiger partial charge in [0.2, 0.25) is 0 Å². The number of nitrogens with zero attached hydrogens (tertiary/aromatic N) is 2. The van der Waals surface area contributed by atoms with Gasteiger partial charge >= 0.3 is 0 Å². The van der Waals surface area contributed by atoms with E-state index >= 15 is 0 Å². The highest BCUT2D eigenvalue weighted by Crippen LogP contribution is 2.29. The molecule has 0 heterocycles. The molecule has 1 amide bonds. The molecule has 2 N–H and O–H groups in total. The summed E-state index contributed by atoms with van der Waals surface area (Å²) in [5, 5.41) is 23.7. The van der Waals surface area contributed by atoms with Gasteiger partial charge in [-0.3, -0.25) is 4.79 Å². The molecule has 2 aromatic rings. The van der Waals surface area contributed by atoms with Gasteiger partial charge in [0.25, 0.3) is 5.91 Å².